The number of halogens is 3. The lowest BCUT2D eigenvalue weighted by Gasteiger charge is -2.36. The molecule has 4 N–H and O–H groups in total. The fraction of sp³-hybridized carbons (Fsp3) is 0.435. The predicted molar refractivity (Wildman–Crippen MR) is 119 cm³/mol. The Morgan fingerprint density at radius 1 is 1.24 bits per heavy atom. The molecule has 1 unspecified atom stereocenters. The van der Waals surface area contributed by atoms with Gasteiger partial charge >= 0.3 is 6.18 Å². The number of benzene rings is 1. The highest BCUT2D eigenvalue weighted by atomic mass is 19.4. The molecule has 1 fully saturated rings. The lowest BCUT2D eigenvalue weighted by atomic mass is 9.85. The van der Waals surface area contributed by atoms with Crippen molar-refractivity contribution in [3.05, 3.63) is 51.9 Å². The molecular formula is C23H23F3N6O2. The molecule has 2 aromatic heterocycles. The highest BCUT2D eigenvalue weighted by molar-refractivity contribution is 5.91. The molecule has 3 heterocycles. The van der Waals surface area contributed by atoms with Crippen LogP contribution in [-0.4, -0.2) is 39.1 Å². The summed E-state index contributed by atoms with van der Waals surface area (Å²) in [7, 11) is 0. The summed E-state index contributed by atoms with van der Waals surface area (Å²) in [6.45, 7) is 1.42. The largest absolute Gasteiger partial charge is 0.421 e. The van der Waals surface area contributed by atoms with Crippen LogP contribution in [0, 0.1) is 11.3 Å². The molecule has 1 aromatic carbocycles. The number of hydrogen-bond donors (Lipinski definition) is 4. The Labute approximate surface area is 192 Å². The summed E-state index contributed by atoms with van der Waals surface area (Å²) in [4.78, 5) is 15.4. The van der Waals surface area contributed by atoms with Gasteiger partial charge in [-0.1, -0.05) is 6.07 Å². The van der Waals surface area contributed by atoms with Crippen LogP contribution in [0.2, 0.25) is 0 Å². The van der Waals surface area contributed by atoms with E-state index in [-0.39, 0.29) is 29.8 Å². The second-order valence-corrected chi connectivity index (χ2v) is 8.99. The second kappa shape index (κ2) is 7.85. The topological polar surface area (TPSA) is 119 Å². The monoisotopic (exact) mass is 472 g/mol. The number of hydrogen-bond acceptors (Lipinski definition) is 6. The molecule has 0 spiro atoms. The number of nitrogens with one attached hydrogen (secondary N) is 3. The highest BCUT2D eigenvalue weighted by Crippen LogP contribution is 2.48. The first-order chi connectivity index (χ1) is 16.2. The summed E-state index contributed by atoms with van der Waals surface area (Å²) in [5, 5.41) is 31.1. The van der Waals surface area contributed by atoms with Gasteiger partial charge in [-0.25, -0.2) is 0 Å². The van der Waals surface area contributed by atoms with Crippen LogP contribution in [0.15, 0.2) is 35.3 Å². The van der Waals surface area contributed by atoms with Crippen LogP contribution in [0.5, 0.6) is 0 Å². The molecule has 1 aliphatic heterocycles. The number of aryl methyl sites for hydroxylation is 1. The molecule has 8 nitrogen and oxygen atoms in total. The Morgan fingerprint density at radius 2 is 2.00 bits per heavy atom. The fourth-order valence-corrected chi connectivity index (χ4v) is 5.19. The maximum absolute atomic E-state index is 13.4. The van der Waals surface area contributed by atoms with E-state index >= 15 is 0 Å². The SMILES string of the molecule is N#CCC1(n2nc(Nc3ccc4c(c3)CCC4(O)C(F)(F)F)c3c(=O)[nH]ccc32)CCNCC1. The van der Waals surface area contributed by atoms with Crippen LogP contribution in [0.3, 0.4) is 0 Å². The molecular weight excluding hydrogens is 449 g/mol. The van der Waals surface area contributed by atoms with E-state index in [9.17, 15) is 28.3 Å². The first kappa shape index (κ1) is 22.4. The number of piperidine rings is 1. The average molecular weight is 472 g/mol. The minimum Gasteiger partial charge on any atom is -0.376 e. The number of aromatic nitrogens is 3. The summed E-state index contributed by atoms with van der Waals surface area (Å²) in [6.07, 6.45) is -2.03. The van der Waals surface area contributed by atoms with Crippen molar-refractivity contribution in [3.8, 4) is 6.07 Å². The van der Waals surface area contributed by atoms with Crippen molar-refractivity contribution >= 4 is 22.4 Å². The number of nitrogens with zero attached hydrogens (tertiary/aromatic N) is 3. The average Bonchev–Trinajstić information content (AvgIpc) is 3.34. The maximum Gasteiger partial charge on any atom is 0.421 e. The molecule has 3 aromatic rings. The third kappa shape index (κ3) is 3.36. The number of aliphatic hydroxyl groups is 1. The van der Waals surface area contributed by atoms with E-state index in [0.29, 0.717) is 48.1 Å². The van der Waals surface area contributed by atoms with Gasteiger partial charge in [-0.2, -0.15) is 23.5 Å². The van der Waals surface area contributed by atoms with Crippen molar-refractivity contribution < 1.29 is 18.3 Å². The number of fused-ring (bicyclic) bond motifs is 2. The second-order valence-electron chi connectivity index (χ2n) is 8.99. The first-order valence-electron chi connectivity index (χ1n) is 11.1. The summed E-state index contributed by atoms with van der Waals surface area (Å²) in [6, 6.07) is 8.26. The Balaban J connectivity index is 1.58. The van der Waals surface area contributed by atoms with E-state index in [1.165, 1.54) is 18.3 Å². The van der Waals surface area contributed by atoms with Crippen LogP contribution in [0.4, 0.5) is 24.7 Å². The lowest BCUT2D eigenvalue weighted by molar-refractivity contribution is -0.265. The summed E-state index contributed by atoms with van der Waals surface area (Å²) < 4.78 is 42.0. The van der Waals surface area contributed by atoms with Crippen LogP contribution in [-0.2, 0) is 17.6 Å². The molecule has 1 atom stereocenters. The van der Waals surface area contributed by atoms with Crippen molar-refractivity contribution in [2.24, 2.45) is 0 Å². The zero-order chi connectivity index (χ0) is 24.1. The number of pyridine rings is 1. The van der Waals surface area contributed by atoms with E-state index < -0.39 is 23.7 Å². The van der Waals surface area contributed by atoms with Crippen molar-refractivity contribution in [2.45, 2.75) is 49.4 Å². The quantitative estimate of drug-likeness (QED) is 0.463. The molecule has 11 heteroatoms. The van der Waals surface area contributed by atoms with Crippen molar-refractivity contribution in [3.63, 3.8) is 0 Å². The Hall–Kier alpha value is -3.36. The summed E-state index contributed by atoms with van der Waals surface area (Å²) in [5.74, 6) is 0.261. The third-order valence-corrected chi connectivity index (χ3v) is 7.03. The Bertz CT molecular complexity index is 1350. The van der Waals surface area contributed by atoms with Crippen molar-refractivity contribution in [1.29, 1.82) is 5.26 Å². The first-order valence-corrected chi connectivity index (χ1v) is 11.1. The van der Waals surface area contributed by atoms with Gasteiger partial charge in [-0.3, -0.25) is 9.48 Å². The van der Waals surface area contributed by atoms with E-state index in [1.807, 2.05) is 0 Å². The highest BCUT2D eigenvalue weighted by Gasteiger charge is 2.57. The fourth-order valence-electron chi connectivity index (χ4n) is 5.19. The molecule has 0 radical (unpaired) electrons. The minimum atomic E-state index is -4.76. The van der Waals surface area contributed by atoms with Gasteiger partial charge in [-0.05, 0) is 68.1 Å². The molecule has 5 rings (SSSR count). The third-order valence-electron chi connectivity index (χ3n) is 7.03. The van der Waals surface area contributed by atoms with Gasteiger partial charge in [0.1, 0.15) is 5.39 Å². The van der Waals surface area contributed by atoms with Gasteiger partial charge in [-0.15, -0.1) is 0 Å². The van der Waals surface area contributed by atoms with E-state index in [1.54, 1.807) is 16.8 Å². The number of anilines is 2. The van der Waals surface area contributed by atoms with Crippen molar-refractivity contribution in [2.75, 3.05) is 18.4 Å². The maximum atomic E-state index is 13.4. The zero-order valence-corrected chi connectivity index (χ0v) is 18.2. The normalized spacial score (nSPS) is 21.9. The Morgan fingerprint density at radius 3 is 2.71 bits per heavy atom. The van der Waals surface area contributed by atoms with Gasteiger partial charge in [0.05, 0.1) is 23.5 Å². The van der Waals surface area contributed by atoms with Gasteiger partial charge in [0.2, 0.25) is 0 Å². The van der Waals surface area contributed by atoms with E-state index in [2.05, 4.69) is 21.7 Å². The van der Waals surface area contributed by atoms with Gasteiger partial charge in [0.15, 0.2) is 11.4 Å². The molecule has 0 saturated carbocycles. The van der Waals surface area contributed by atoms with Crippen LogP contribution < -0.4 is 16.2 Å². The molecule has 1 saturated heterocycles. The van der Waals surface area contributed by atoms with Crippen molar-refractivity contribution in [1.82, 2.24) is 20.1 Å². The van der Waals surface area contributed by atoms with Crippen LogP contribution in [0.1, 0.15) is 36.8 Å². The van der Waals surface area contributed by atoms with E-state index in [4.69, 9.17) is 5.10 Å². The van der Waals surface area contributed by atoms with Gasteiger partial charge in [0.25, 0.3) is 5.56 Å². The number of nitriles is 1. The summed E-state index contributed by atoms with van der Waals surface area (Å²) >= 11 is 0. The predicted octanol–water partition coefficient (Wildman–Crippen LogP) is 3.16. The number of H-pyrrole nitrogens is 1. The molecule has 2 aliphatic rings. The number of rotatable bonds is 4. The molecule has 0 bridgehead atoms. The smallest absolute Gasteiger partial charge is 0.376 e. The zero-order valence-electron chi connectivity index (χ0n) is 18.2. The molecule has 1 aliphatic carbocycles. The van der Waals surface area contributed by atoms with E-state index in [0.717, 1.165) is 0 Å². The molecule has 0 amide bonds. The standard InChI is InChI=1S/C23H23F3N6O2/c24-23(25,26)22(34)5-3-14-13-15(1-2-16(14)22)30-19-18-17(4-10-29-20(18)33)32(31-19)21(6-9-27)7-11-28-12-8-21/h1-2,4,10,13,28,34H,3,5-8,11-12H2,(H,29,33)(H,30,31). The van der Waals surface area contributed by atoms with Crippen LogP contribution in [0.25, 0.3) is 10.9 Å². The van der Waals surface area contributed by atoms with Gasteiger partial charge < -0.3 is 20.7 Å². The lowest BCUT2D eigenvalue weighted by Crippen LogP contribution is -2.44. The number of alkyl halides is 3. The summed E-state index contributed by atoms with van der Waals surface area (Å²) in [5.41, 5.74) is -2.52. The Kier molecular flexibility index (Phi) is 5.18. The van der Waals surface area contributed by atoms with Crippen LogP contribution >= 0.6 is 0 Å². The molecule has 34 heavy (non-hydrogen) atoms. The minimum absolute atomic E-state index is 0.0783. The van der Waals surface area contributed by atoms with Gasteiger partial charge in [0, 0.05) is 11.9 Å². The molecule has 178 valence electrons. The number of aromatic amines is 1.